The van der Waals surface area contributed by atoms with E-state index in [1.807, 2.05) is 0 Å². The van der Waals surface area contributed by atoms with Crippen molar-refractivity contribution in [2.24, 2.45) is 5.84 Å². The lowest BCUT2D eigenvalue weighted by atomic mass is 10.7. The SMILES string of the molecule is NNc1cncc(SC(F)(F)F)n1. The Morgan fingerprint density at radius 3 is 2.62 bits per heavy atom. The molecule has 0 bridgehead atoms. The highest BCUT2D eigenvalue weighted by molar-refractivity contribution is 8.00. The van der Waals surface area contributed by atoms with Gasteiger partial charge in [-0.05, 0) is 0 Å². The molecule has 1 aromatic rings. The molecule has 0 saturated carbocycles. The van der Waals surface area contributed by atoms with E-state index in [4.69, 9.17) is 5.84 Å². The normalized spacial score (nSPS) is 11.4. The summed E-state index contributed by atoms with van der Waals surface area (Å²) in [5.41, 5.74) is -2.26. The van der Waals surface area contributed by atoms with Gasteiger partial charge in [-0.25, -0.2) is 10.8 Å². The molecule has 0 fully saturated rings. The molecule has 13 heavy (non-hydrogen) atoms. The standard InChI is InChI=1S/C5H5F3N4S/c6-5(7,8)13-4-2-10-1-3(11-4)12-9/h1-2H,9H2,(H,11,12). The molecule has 1 heterocycles. The number of hydrazine groups is 1. The van der Waals surface area contributed by atoms with Crippen LogP contribution in [0.1, 0.15) is 0 Å². The molecule has 0 unspecified atom stereocenters. The van der Waals surface area contributed by atoms with Gasteiger partial charge in [0.25, 0.3) is 0 Å². The van der Waals surface area contributed by atoms with Gasteiger partial charge in [-0.15, -0.1) is 0 Å². The molecule has 1 aromatic heterocycles. The third-order valence-corrected chi connectivity index (χ3v) is 1.62. The Bertz CT molecular complexity index is 289. The molecular formula is C5H5F3N4S. The smallest absolute Gasteiger partial charge is 0.307 e. The van der Waals surface area contributed by atoms with Crippen molar-refractivity contribution in [2.75, 3.05) is 5.43 Å². The summed E-state index contributed by atoms with van der Waals surface area (Å²) in [6, 6.07) is 0. The minimum atomic E-state index is -4.36. The van der Waals surface area contributed by atoms with E-state index in [2.05, 4.69) is 15.4 Å². The Morgan fingerprint density at radius 2 is 2.08 bits per heavy atom. The monoisotopic (exact) mass is 210 g/mol. The molecule has 72 valence electrons. The number of nitrogens with two attached hydrogens (primary N) is 1. The highest BCUT2D eigenvalue weighted by atomic mass is 32.2. The molecule has 0 aliphatic carbocycles. The van der Waals surface area contributed by atoms with Crippen molar-refractivity contribution in [1.82, 2.24) is 9.97 Å². The van der Waals surface area contributed by atoms with Gasteiger partial charge in [0.15, 0.2) is 5.82 Å². The average molecular weight is 210 g/mol. The molecule has 3 N–H and O–H groups in total. The molecule has 0 aromatic carbocycles. The van der Waals surface area contributed by atoms with Crippen molar-refractivity contribution < 1.29 is 13.2 Å². The lowest BCUT2D eigenvalue weighted by molar-refractivity contribution is -0.0329. The molecule has 8 heteroatoms. The molecule has 0 atom stereocenters. The summed E-state index contributed by atoms with van der Waals surface area (Å²) in [6.45, 7) is 0. The van der Waals surface area contributed by atoms with E-state index in [-0.39, 0.29) is 22.6 Å². The number of nitrogens with one attached hydrogen (secondary N) is 1. The van der Waals surface area contributed by atoms with Crippen LogP contribution in [-0.2, 0) is 0 Å². The maximum atomic E-state index is 11.8. The molecule has 0 amide bonds. The largest absolute Gasteiger partial charge is 0.447 e. The number of nitrogen functional groups attached to an aromatic ring is 1. The van der Waals surface area contributed by atoms with Crippen molar-refractivity contribution >= 4 is 17.6 Å². The van der Waals surface area contributed by atoms with Crippen molar-refractivity contribution in [3.8, 4) is 0 Å². The number of hydrogen-bond donors (Lipinski definition) is 2. The maximum absolute atomic E-state index is 11.8. The molecule has 0 aliphatic heterocycles. The van der Waals surface area contributed by atoms with Crippen LogP contribution in [0.25, 0.3) is 0 Å². The second-order valence-electron chi connectivity index (χ2n) is 1.93. The first kappa shape index (κ1) is 10.1. The Balaban J connectivity index is 2.78. The van der Waals surface area contributed by atoms with Gasteiger partial charge in [-0.2, -0.15) is 13.2 Å². The van der Waals surface area contributed by atoms with Crippen LogP contribution >= 0.6 is 11.8 Å². The Morgan fingerprint density at radius 1 is 1.38 bits per heavy atom. The summed E-state index contributed by atoms with van der Waals surface area (Å²) in [6.07, 6.45) is 2.24. The van der Waals surface area contributed by atoms with Gasteiger partial charge in [0.05, 0.1) is 12.4 Å². The van der Waals surface area contributed by atoms with E-state index in [1.165, 1.54) is 6.20 Å². The second kappa shape index (κ2) is 3.79. The summed E-state index contributed by atoms with van der Waals surface area (Å²) >= 11 is -0.339. The summed E-state index contributed by atoms with van der Waals surface area (Å²) in [7, 11) is 0. The van der Waals surface area contributed by atoms with Gasteiger partial charge in [-0.1, -0.05) is 0 Å². The molecule has 0 spiro atoms. The summed E-state index contributed by atoms with van der Waals surface area (Å²) in [4.78, 5) is 7.03. The van der Waals surface area contributed by atoms with Crippen molar-refractivity contribution in [1.29, 1.82) is 0 Å². The predicted octanol–water partition coefficient (Wildman–Crippen LogP) is 1.37. The number of halogens is 3. The third-order valence-electron chi connectivity index (χ3n) is 0.981. The zero-order valence-corrected chi connectivity index (χ0v) is 6.99. The lowest BCUT2D eigenvalue weighted by Crippen LogP contribution is -2.09. The van der Waals surface area contributed by atoms with Crippen LogP contribution in [-0.4, -0.2) is 15.5 Å². The van der Waals surface area contributed by atoms with Crippen LogP contribution in [0.4, 0.5) is 19.0 Å². The fourth-order valence-corrected chi connectivity index (χ4v) is 1.08. The van der Waals surface area contributed by atoms with E-state index in [9.17, 15) is 13.2 Å². The zero-order valence-electron chi connectivity index (χ0n) is 6.17. The maximum Gasteiger partial charge on any atom is 0.447 e. The topological polar surface area (TPSA) is 63.8 Å². The predicted molar refractivity (Wildman–Crippen MR) is 41.8 cm³/mol. The number of hydrogen-bond acceptors (Lipinski definition) is 5. The van der Waals surface area contributed by atoms with Gasteiger partial charge in [0, 0.05) is 11.8 Å². The Kier molecular flexibility index (Phi) is 2.94. The zero-order chi connectivity index (χ0) is 9.90. The quantitative estimate of drug-likeness (QED) is 0.438. The van der Waals surface area contributed by atoms with Crippen LogP contribution in [0.15, 0.2) is 17.4 Å². The van der Waals surface area contributed by atoms with E-state index >= 15 is 0 Å². The Labute approximate surface area is 75.7 Å². The fourth-order valence-electron chi connectivity index (χ4n) is 0.585. The molecule has 1 rings (SSSR count). The van der Waals surface area contributed by atoms with Gasteiger partial charge in [0.2, 0.25) is 0 Å². The molecular weight excluding hydrogens is 205 g/mol. The van der Waals surface area contributed by atoms with Crippen LogP contribution in [0, 0.1) is 0 Å². The van der Waals surface area contributed by atoms with E-state index in [0.717, 1.165) is 6.20 Å². The highest BCUT2D eigenvalue weighted by Crippen LogP contribution is 2.35. The van der Waals surface area contributed by atoms with Gasteiger partial charge in [0.1, 0.15) is 5.03 Å². The third kappa shape index (κ3) is 3.47. The van der Waals surface area contributed by atoms with Crippen LogP contribution in [0.2, 0.25) is 0 Å². The van der Waals surface area contributed by atoms with E-state index in [1.54, 1.807) is 0 Å². The van der Waals surface area contributed by atoms with Crippen LogP contribution < -0.4 is 11.3 Å². The number of aromatic nitrogens is 2. The first-order chi connectivity index (χ1) is 6.01. The first-order valence-corrected chi connectivity index (χ1v) is 3.87. The minimum absolute atomic E-state index is 0.0919. The number of anilines is 1. The molecule has 0 saturated heterocycles. The molecule has 0 radical (unpaired) electrons. The highest BCUT2D eigenvalue weighted by Gasteiger charge is 2.30. The minimum Gasteiger partial charge on any atom is -0.307 e. The Hall–Kier alpha value is -1.02. The number of thioether (sulfide) groups is 1. The van der Waals surface area contributed by atoms with Gasteiger partial charge < -0.3 is 5.43 Å². The van der Waals surface area contributed by atoms with Crippen LogP contribution in [0.5, 0.6) is 0 Å². The summed E-state index contributed by atoms with van der Waals surface area (Å²) in [5, 5.41) is -0.247. The molecule has 4 nitrogen and oxygen atoms in total. The van der Waals surface area contributed by atoms with Crippen molar-refractivity contribution in [3.05, 3.63) is 12.4 Å². The second-order valence-corrected chi connectivity index (χ2v) is 3.02. The van der Waals surface area contributed by atoms with Gasteiger partial charge >= 0.3 is 5.51 Å². The van der Waals surface area contributed by atoms with Crippen LogP contribution in [0.3, 0.4) is 0 Å². The lowest BCUT2D eigenvalue weighted by Gasteiger charge is -2.04. The molecule has 0 aliphatic rings. The first-order valence-electron chi connectivity index (χ1n) is 3.05. The van der Waals surface area contributed by atoms with Crippen molar-refractivity contribution in [3.63, 3.8) is 0 Å². The van der Waals surface area contributed by atoms with Gasteiger partial charge in [-0.3, -0.25) is 4.98 Å². The fraction of sp³-hybridized carbons (Fsp3) is 0.200. The number of nitrogens with zero attached hydrogens (tertiary/aromatic N) is 2. The number of alkyl halides is 3. The average Bonchev–Trinajstić information content (AvgIpc) is 2.01. The van der Waals surface area contributed by atoms with E-state index < -0.39 is 5.51 Å². The summed E-state index contributed by atoms with van der Waals surface area (Å²) < 4.78 is 35.5. The van der Waals surface area contributed by atoms with Crippen molar-refractivity contribution in [2.45, 2.75) is 10.5 Å². The van der Waals surface area contributed by atoms with E-state index in [0.29, 0.717) is 0 Å². The number of rotatable bonds is 2. The summed E-state index contributed by atoms with van der Waals surface area (Å²) in [5.74, 6) is 5.03.